The molecule has 21 nitrogen and oxygen atoms in total. The maximum Gasteiger partial charge on any atom is 0.118 e. The number of nitrogens with zero attached hydrogens (tertiary/aromatic N) is 7. The van der Waals surface area contributed by atoms with Gasteiger partial charge in [0.25, 0.3) is 0 Å². The van der Waals surface area contributed by atoms with Crippen molar-refractivity contribution in [2.75, 3.05) is 193 Å². The molecule has 7 aliphatic rings. The minimum atomic E-state index is -4.67. The molecule has 7 saturated carbocycles. The van der Waals surface area contributed by atoms with Crippen LogP contribution in [0.25, 0.3) is 0 Å². The van der Waals surface area contributed by atoms with E-state index < -0.39 is 326 Å². The molecule has 0 spiro atoms. The fourth-order valence-corrected chi connectivity index (χ4v) is 16.4. The van der Waals surface area contributed by atoms with Gasteiger partial charge in [-0.3, -0.25) is 0 Å². The Balaban J connectivity index is 0.000000309. The topological polar surface area (TPSA) is 229 Å². The molecule has 21 heteroatoms. The van der Waals surface area contributed by atoms with E-state index in [2.05, 4.69) is 4.90 Å². The summed E-state index contributed by atoms with van der Waals surface area (Å²) in [5, 5.41) is 81.3. The molecule has 0 amide bonds. The van der Waals surface area contributed by atoms with Gasteiger partial charge in [-0.2, -0.15) is 0 Å². The van der Waals surface area contributed by atoms with E-state index >= 15 is 0 Å². The number of hydrogen-bond donors (Lipinski definition) is 7. The van der Waals surface area contributed by atoms with Crippen LogP contribution in [-0.2, 0) is 0 Å². The van der Waals surface area contributed by atoms with Crippen LogP contribution in [0.2, 0.25) is 0 Å². The molecule has 140 heavy (non-hydrogen) atoms. The van der Waals surface area contributed by atoms with Crippen LogP contribution in [0, 0.1) is 0 Å². The Hall–Kier alpha value is -7.42. The number of aliphatic hydroxyl groups is 7. The normalized spacial score (nSPS) is 38.0. The summed E-state index contributed by atoms with van der Waals surface area (Å²) in [6, 6.07) is 35.9. The first-order valence-corrected chi connectivity index (χ1v) is 44.6. The summed E-state index contributed by atoms with van der Waals surface area (Å²) in [7, 11) is 5.89. The molecule has 7 unspecified atom stereocenters. The van der Waals surface area contributed by atoms with Crippen LogP contribution in [0.15, 0.2) is 170 Å². The van der Waals surface area contributed by atoms with Crippen LogP contribution in [-0.4, -0.2) is 303 Å². The van der Waals surface area contributed by atoms with E-state index in [1.807, 2.05) is 26.2 Å². The second-order valence-electron chi connectivity index (χ2n) is 34.0. The van der Waals surface area contributed by atoms with E-state index in [9.17, 15) is 39.9 Å². The summed E-state index contributed by atoms with van der Waals surface area (Å²) in [6.45, 7) is -38.7. The van der Waals surface area contributed by atoms with Crippen molar-refractivity contribution in [3.05, 3.63) is 209 Å². The molecule has 0 bridgehead atoms. The third-order valence-electron chi connectivity index (χ3n) is 23.4. The van der Waals surface area contributed by atoms with Gasteiger partial charge in [-0.05, 0) is 311 Å². The number of benzene rings is 7. The monoisotopic (exact) mass is 2020 g/mol. The molecule has 7 N–H and O–H groups in total. The van der Waals surface area contributed by atoms with Crippen LogP contribution >= 0.6 is 0 Å². The lowest BCUT2D eigenvalue weighted by Gasteiger charge is -2.40. The average Bonchev–Trinajstić information content (AvgIpc) is 0.640. The van der Waals surface area contributed by atoms with E-state index in [1.165, 1.54) is 71.1 Å². The molecule has 7 aromatic carbocycles. The zero-order valence-corrected chi connectivity index (χ0v) is 80.0. The second-order valence-corrected chi connectivity index (χ2v) is 34.0. The van der Waals surface area contributed by atoms with Gasteiger partial charge in [-0.25, -0.2) is 0 Å². The van der Waals surface area contributed by atoms with Crippen molar-refractivity contribution in [2.45, 2.75) is 304 Å². The highest BCUT2D eigenvalue weighted by atomic mass is 16.5. The van der Waals surface area contributed by atoms with Gasteiger partial charge < -0.3 is 103 Å². The minimum absolute atomic E-state index is 0.00816. The molecule has 7 fully saturated rings. The summed E-state index contributed by atoms with van der Waals surface area (Å²) in [4.78, 5) is 3.38. The first-order chi connectivity index (χ1) is 98.9. The maximum atomic E-state index is 12.0. The van der Waals surface area contributed by atoms with Crippen LogP contribution in [0.4, 0.5) is 0 Å². The summed E-state index contributed by atoms with van der Waals surface area (Å²) >= 11 is 0. The van der Waals surface area contributed by atoms with Crippen molar-refractivity contribution in [1.29, 1.82) is 0 Å². The molecular weight excluding hydrogens is 1750 g/mol. The zero-order valence-electron chi connectivity index (χ0n) is 163. The standard InChI is InChI=1S/7C17H27NO2/c7*1-18(2)13-16(17(19)11-5-4-6-12-17)14-7-9-15(20-3)10-8-14/h7*7-10,16,19H,4-6,11-13H2,1-3H3/i1D3,2D3,4D2,5D2,6D2,11D2,12D2,13D2,16D;1D3,4D2,5D2,6D2,11D2,12D2,13D2,16D;1D3,2D3,4D2,5D2,6D2,11D2,12D2,16D;4D2,5D2,6D2,11D2,12D2,13D2,16D;1D3,2D3,3D3;1D3,3D3;3D3. The van der Waals surface area contributed by atoms with Gasteiger partial charge in [0.1, 0.15) is 40.2 Å². The lowest BCUT2D eigenvalue weighted by Crippen LogP contribution is -2.42. The molecule has 14 rings (SSSR count). The third kappa shape index (κ3) is 36.7. The summed E-state index contributed by atoms with van der Waals surface area (Å²) in [5.41, 5.74) is -20.8. The van der Waals surface area contributed by atoms with Gasteiger partial charge in [-0.15, -0.1) is 0 Å². The molecule has 7 aliphatic carbocycles. The highest BCUT2D eigenvalue weighted by molar-refractivity contribution is 5.38. The first kappa shape index (κ1) is 46.3. The summed E-state index contributed by atoms with van der Waals surface area (Å²) < 4.78 is 701. The van der Waals surface area contributed by atoms with Gasteiger partial charge in [-0.1, -0.05) is 219 Å². The lowest BCUT2D eigenvalue weighted by atomic mass is 9.72. The second kappa shape index (κ2) is 58.7. The van der Waals surface area contributed by atoms with Crippen molar-refractivity contribution in [2.24, 2.45) is 0 Å². The fourth-order valence-electron chi connectivity index (χ4n) is 16.4. The van der Waals surface area contributed by atoms with Crippen molar-refractivity contribution in [3.63, 3.8) is 0 Å². The molecule has 0 saturated heterocycles. The lowest BCUT2D eigenvalue weighted by molar-refractivity contribution is -0.0280. The Bertz CT molecular complexity index is 8200. The van der Waals surface area contributed by atoms with Crippen molar-refractivity contribution in [1.82, 2.24) is 34.3 Å². The number of methoxy groups -OCH3 is 7. The molecule has 0 heterocycles. The van der Waals surface area contributed by atoms with Gasteiger partial charge in [0.05, 0.1) is 101 Å². The van der Waals surface area contributed by atoms with E-state index in [-0.39, 0.29) is 69.2 Å². The molecular formula is C119H189N7O14. The fraction of sp³-hybridized carbons (Fsp3) is 0.647. The number of ether oxygens (including phenoxy) is 7. The SMILES string of the molecule is [2H]C([2H])(N(C)C)C([2H])(c1ccc(OC)cc1)C1(O)C([2H])([2H])C([2H])([2H])C([2H])([2H])C([2H])([2H])C1([2H])[2H].[2H]C([2H])([2H])N(C([2H])([2H])[2H])C([2H])([2H])C([2H])(c1ccc(OC)cc1)C1(O)C([2H])([2H])C([2H])([2H])C([2H])([2H])C([2H])([2H])C1([2H])[2H].[2H]C([2H])([2H])N(C)C([2H])([2H])C([2H])(c1ccc(OC)cc1)C1(O)C([2H])([2H])C([2H])([2H])C([2H])([2H])C([2H])([2H])C1([2H])[2H].[2H]C([2H])([2H])N(CC([2H])(c1ccc(OC)cc1)C1(O)C([2H])([2H])C([2H])([2H])C([2H])([2H])C([2H])([2H])C1([2H])[2H])C([2H])([2H])[2H].[2H]C([2H])([2H])Oc1ccc(C(CN(C([2H])([2H])[2H])C([2H])([2H])[2H])C2(O)CCCCC2)cc1.[2H]C([2H])([2H])Oc1ccc(C(CN(C)C([2H])([2H])[2H])C2(O)CCCCC2)cc1.[2H]C([2H])([2H])Oc1ccc(C(CN(C)C)C2(O)CCCCC2)cc1. The van der Waals surface area contributed by atoms with Crippen LogP contribution in [0.1, 0.15) is 418 Å². The summed E-state index contributed by atoms with van der Waals surface area (Å²) in [5.74, 6) is -15.0. The Morgan fingerprint density at radius 3 is 0.686 bits per heavy atom. The maximum absolute atomic E-state index is 12.0. The Labute approximate surface area is 963 Å². The summed E-state index contributed by atoms with van der Waals surface area (Å²) in [6.07, 6.45) is -69.3. The van der Waals surface area contributed by atoms with E-state index in [0.29, 0.717) is 48.9 Å². The van der Waals surface area contributed by atoms with Crippen molar-refractivity contribution < 1.29 is 183 Å². The van der Waals surface area contributed by atoms with Gasteiger partial charge >= 0.3 is 0 Å². The molecule has 7 atom stereocenters. The van der Waals surface area contributed by atoms with Crippen LogP contribution in [0.5, 0.6) is 40.2 Å². The highest BCUT2D eigenvalue weighted by Crippen LogP contribution is 2.49. The van der Waals surface area contributed by atoms with Crippen molar-refractivity contribution in [3.8, 4) is 40.2 Å². The number of likely N-dealkylation sites (N-methyl/N-ethyl adjacent to an activating group) is 7. The number of hydrogen-bond acceptors (Lipinski definition) is 21. The predicted molar refractivity (Wildman–Crippen MR) is 576 cm³/mol. The predicted octanol–water partition coefficient (Wildman–Crippen LogP) is 21.2. The Kier molecular flexibility index (Phi) is 19.4. The van der Waals surface area contributed by atoms with Gasteiger partial charge in [0.15, 0.2) is 0 Å². The first-order valence-electron chi connectivity index (χ1n) is 86.1. The average molecular weight is 2030 g/mol. The number of rotatable bonds is 35. The zero-order chi connectivity index (χ0) is 175. The quantitative estimate of drug-likeness (QED) is 0.0196. The van der Waals surface area contributed by atoms with Crippen molar-refractivity contribution >= 4 is 0 Å². The highest BCUT2D eigenvalue weighted by Gasteiger charge is 2.46. The van der Waals surface area contributed by atoms with E-state index in [4.69, 9.17) is 143 Å². The largest absolute Gasteiger partial charge is 0.497 e. The van der Waals surface area contributed by atoms with Crippen LogP contribution in [0.3, 0.4) is 0 Å². The van der Waals surface area contributed by atoms with Crippen LogP contribution < -0.4 is 33.2 Å². The third-order valence-corrected chi connectivity index (χ3v) is 23.4. The van der Waals surface area contributed by atoms with Gasteiger partial charge in [0, 0.05) is 188 Å². The van der Waals surface area contributed by atoms with E-state index in [0.717, 1.165) is 186 Å². The Morgan fingerprint density at radius 1 is 0.243 bits per heavy atom. The molecule has 784 valence electrons. The van der Waals surface area contributed by atoms with E-state index in [1.54, 1.807) is 48.5 Å². The Morgan fingerprint density at radius 2 is 0.450 bits per heavy atom. The molecule has 0 aliphatic heterocycles. The molecule has 7 aromatic rings. The minimum Gasteiger partial charge on any atom is -0.497 e. The molecule has 0 radical (unpaired) electrons. The molecule has 0 aromatic heterocycles. The van der Waals surface area contributed by atoms with Gasteiger partial charge in [0.2, 0.25) is 0 Å². The smallest absolute Gasteiger partial charge is 0.118 e.